The highest BCUT2D eigenvalue weighted by molar-refractivity contribution is 8.14. The molecule has 2 aromatic heterocycles. The maximum absolute atomic E-state index is 13.7. The quantitative estimate of drug-likeness (QED) is 0.0943. The fourth-order valence-electron chi connectivity index (χ4n) is 7.28. The molecule has 0 bridgehead atoms. The van der Waals surface area contributed by atoms with E-state index in [4.69, 9.17) is 5.73 Å². The first kappa shape index (κ1) is 42.1. The minimum atomic E-state index is -1.12. The molecule has 5 rings (SSSR count). The van der Waals surface area contributed by atoms with E-state index in [1.165, 1.54) is 74.1 Å². The first-order chi connectivity index (χ1) is 26.4. The molecule has 55 heavy (non-hydrogen) atoms. The molecule has 1 fully saturated rings. The van der Waals surface area contributed by atoms with Crippen molar-refractivity contribution >= 4 is 57.7 Å². The average Bonchev–Trinajstić information content (AvgIpc) is 3.42. The predicted molar refractivity (Wildman–Crippen MR) is 213 cm³/mol. The zero-order valence-electron chi connectivity index (χ0n) is 32.0. The Labute approximate surface area is 330 Å². The van der Waals surface area contributed by atoms with Crippen LogP contribution >= 0.6 is 23.1 Å². The zero-order chi connectivity index (χ0) is 39.5. The summed E-state index contributed by atoms with van der Waals surface area (Å²) < 4.78 is 1.55. The van der Waals surface area contributed by atoms with Crippen LogP contribution in [0.1, 0.15) is 149 Å². The lowest BCUT2D eigenvalue weighted by Crippen LogP contribution is -2.50. The Hall–Kier alpha value is -4.05. The van der Waals surface area contributed by atoms with Gasteiger partial charge in [0, 0.05) is 35.4 Å². The molecule has 6 N–H and O–H groups in total. The van der Waals surface area contributed by atoms with E-state index < -0.39 is 41.4 Å². The van der Waals surface area contributed by atoms with Crippen LogP contribution in [-0.4, -0.2) is 73.2 Å². The Kier molecular flexibility index (Phi) is 15.1. The third-order valence-electron chi connectivity index (χ3n) is 10.5. The summed E-state index contributed by atoms with van der Waals surface area (Å²) in [7, 11) is 0. The van der Waals surface area contributed by atoms with Crippen LogP contribution in [0.2, 0.25) is 0 Å². The predicted octanol–water partition coefficient (Wildman–Crippen LogP) is 4.53. The molecule has 0 aromatic carbocycles. The molecule has 4 heterocycles. The second-order valence-electron chi connectivity index (χ2n) is 15.1. The molecular weight excluding hydrogens is 743 g/mol. The number of hydrogen-bond donors (Lipinski definition) is 5. The third kappa shape index (κ3) is 11.5. The van der Waals surface area contributed by atoms with Crippen molar-refractivity contribution in [1.29, 1.82) is 0 Å². The van der Waals surface area contributed by atoms with Gasteiger partial charge in [-0.25, -0.2) is 9.78 Å². The van der Waals surface area contributed by atoms with E-state index in [0.717, 1.165) is 32.1 Å². The molecule has 3 atom stereocenters. The van der Waals surface area contributed by atoms with E-state index in [0.29, 0.717) is 51.2 Å². The summed E-state index contributed by atoms with van der Waals surface area (Å²) in [6, 6.07) is -0.859. The Morgan fingerprint density at radius 1 is 1.04 bits per heavy atom. The van der Waals surface area contributed by atoms with Crippen LogP contribution in [0.5, 0.6) is 0 Å². The van der Waals surface area contributed by atoms with Crippen molar-refractivity contribution in [2.24, 2.45) is 10.7 Å². The lowest BCUT2D eigenvalue weighted by molar-refractivity contribution is -0.137. The summed E-state index contributed by atoms with van der Waals surface area (Å²) in [6.07, 6.45) is 14.8. The fraction of sp³-hybridized carbons (Fsp3) is 0.641. The fourth-order valence-corrected chi connectivity index (χ4v) is 9.11. The molecule has 300 valence electrons. The molecule has 0 saturated heterocycles. The minimum Gasteiger partial charge on any atom is -0.480 e. The van der Waals surface area contributed by atoms with Gasteiger partial charge >= 0.3 is 5.97 Å². The van der Waals surface area contributed by atoms with E-state index in [9.17, 15) is 33.9 Å². The van der Waals surface area contributed by atoms with Gasteiger partial charge in [0.15, 0.2) is 6.04 Å². The van der Waals surface area contributed by atoms with Gasteiger partial charge in [-0.15, -0.1) is 23.1 Å². The van der Waals surface area contributed by atoms with Crippen molar-refractivity contribution in [1.82, 2.24) is 25.5 Å². The van der Waals surface area contributed by atoms with E-state index in [-0.39, 0.29) is 43.2 Å². The normalized spacial score (nSPS) is 17.7. The van der Waals surface area contributed by atoms with Crippen LogP contribution in [-0.2, 0) is 37.7 Å². The molecule has 4 amide bonds. The summed E-state index contributed by atoms with van der Waals surface area (Å²) >= 11 is 2.64. The van der Waals surface area contributed by atoms with Crippen LogP contribution in [0.25, 0.3) is 0 Å². The molecule has 2 aromatic rings. The van der Waals surface area contributed by atoms with Crippen molar-refractivity contribution in [3.8, 4) is 0 Å². The number of carboxylic acids is 1. The number of hydrogen-bond acceptors (Lipinski definition) is 10. The molecule has 14 nitrogen and oxygen atoms in total. The number of carbonyl (C=O) groups excluding carboxylic acids is 4. The second-order valence-corrected chi connectivity index (χ2v) is 17.0. The number of nitrogens with two attached hydrogens (primary N) is 1. The summed E-state index contributed by atoms with van der Waals surface area (Å²) in [4.78, 5) is 85.4. The van der Waals surface area contributed by atoms with Gasteiger partial charge in [-0.05, 0) is 44.6 Å². The molecule has 0 radical (unpaired) electrons. The van der Waals surface area contributed by atoms with E-state index in [2.05, 4.69) is 32.9 Å². The highest BCUT2D eigenvalue weighted by Crippen LogP contribution is 2.50. The van der Waals surface area contributed by atoms with Gasteiger partial charge in [-0.1, -0.05) is 71.1 Å². The summed E-state index contributed by atoms with van der Waals surface area (Å²) in [6.45, 7) is 4.10. The maximum atomic E-state index is 13.7. The van der Waals surface area contributed by atoms with E-state index >= 15 is 0 Å². The summed E-state index contributed by atoms with van der Waals surface area (Å²) in [5.74, 6) is -2.46. The van der Waals surface area contributed by atoms with Gasteiger partial charge in [0.2, 0.25) is 17.7 Å². The number of unbranched alkanes of at least 4 members (excludes halogenated alkanes) is 10. The number of thioether (sulfide) groups is 1. The van der Waals surface area contributed by atoms with Gasteiger partial charge in [-0.2, -0.15) is 0 Å². The smallest absolute Gasteiger partial charge is 0.329 e. The van der Waals surface area contributed by atoms with E-state index in [1.54, 1.807) is 16.9 Å². The SMILES string of the molecule is CCCCCCCCCCCCCC(=O)N[C@H](CC(N)=O)C(=O)N[C@@H](C)CCc1c2c(cc(=O)n1Cc1nc(C3=NC(C(=O)O)CS3)cs1)C1(CC1)NC2=O. The van der Waals surface area contributed by atoms with Crippen LogP contribution in [0.4, 0.5) is 0 Å². The van der Waals surface area contributed by atoms with Crippen LogP contribution in [0.15, 0.2) is 21.2 Å². The Morgan fingerprint density at radius 2 is 1.71 bits per heavy atom. The monoisotopic (exact) mass is 797 g/mol. The molecule has 1 unspecified atom stereocenters. The van der Waals surface area contributed by atoms with Gasteiger partial charge in [0.05, 0.1) is 24.1 Å². The topological polar surface area (TPSA) is 215 Å². The lowest BCUT2D eigenvalue weighted by Gasteiger charge is -2.22. The number of rotatable bonds is 24. The Morgan fingerprint density at radius 3 is 2.33 bits per heavy atom. The van der Waals surface area contributed by atoms with Crippen LogP contribution in [0.3, 0.4) is 0 Å². The van der Waals surface area contributed by atoms with Crippen LogP contribution < -0.4 is 27.2 Å². The van der Waals surface area contributed by atoms with Crippen molar-refractivity contribution in [3.63, 3.8) is 0 Å². The largest absolute Gasteiger partial charge is 0.480 e. The minimum absolute atomic E-state index is 0.0965. The highest BCUT2D eigenvalue weighted by Gasteiger charge is 2.53. The van der Waals surface area contributed by atoms with Crippen molar-refractivity contribution in [3.05, 3.63) is 49.3 Å². The Balaban J connectivity index is 1.17. The second kappa shape index (κ2) is 19.7. The molecule has 16 heteroatoms. The van der Waals surface area contributed by atoms with Gasteiger partial charge in [0.25, 0.3) is 11.5 Å². The number of aliphatic imine (C=N–C) groups is 1. The Bertz CT molecular complexity index is 1820. The first-order valence-electron chi connectivity index (χ1n) is 19.8. The number of aliphatic carboxylic acids is 1. The number of aromatic nitrogens is 2. The zero-order valence-corrected chi connectivity index (χ0v) is 33.6. The first-order valence-corrected chi connectivity index (χ1v) is 21.6. The molecule has 3 aliphatic rings. The molecule has 2 aliphatic heterocycles. The maximum Gasteiger partial charge on any atom is 0.329 e. The lowest BCUT2D eigenvalue weighted by atomic mass is 9.98. The number of fused-ring (bicyclic) bond motifs is 2. The standard InChI is InChI=1S/C39H55N7O7S2/c1-3-4-5-6-7-8-9-10-11-12-13-14-31(48)42-26(20-30(40)47)35(50)41-24(2)15-16-29-34-25(39(17-18-39)45-36(34)51)19-33(49)46(29)21-32-43-27(22-54-32)37-44-28(23-55-37)38(52)53/h19,22,24,26,28H,3-18,20-21,23H2,1-2H3,(H2,40,47)(H,41,50)(H,42,48)(H,45,51)(H,52,53)/t24-,26+,28?/m0/s1. The average molecular weight is 798 g/mol. The van der Waals surface area contributed by atoms with Gasteiger partial charge < -0.3 is 31.4 Å². The molecule has 1 spiro atoms. The number of carboxylic acid groups (broad SMARTS) is 1. The third-order valence-corrected chi connectivity index (χ3v) is 12.4. The number of nitrogens with zero attached hydrogens (tertiary/aromatic N) is 3. The number of thiazole rings is 1. The van der Waals surface area contributed by atoms with Gasteiger partial charge in [0.1, 0.15) is 21.8 Å². The van der Waals surface area contributed by atoms with Crippen LogP contribution in [0, 0.1) is 0 Å². The highest BCUT2D eigenvalue weighted by atomic mass is 32.2. The summed E-state index contributed by atoms with van der Waals surface area (Å²) in [5.41, 5.74) is 6.91. The van der Waals surface area contributed by atoms with E-state index in [1.807, 2.05) is 0 Å². The van der Waals surface area contributed by atoms with Crippen molar-refractivity contribution in [2.75, 3.05) is 5.75 Å². The van der Waals surface area contributed by atoms with Crippen molar-refractivity contribution < 1.29 is 29.1 Å². The number of primary amides is 1. The molecule has 1 saturated carbocycles. The van der Waals surface area contributed by atoms with Crippen molar-refractivity contribution in [2.45, 2.75) is 153 Å². The molecule has 1 aliphatic carbocycles. The number of amides is 4. The molecular formula is C39H55N7O7S2. The number of carbonyl (C=O) groups is 5. The summed E-state index contributed by atoms with van der Waals surface area (Å²) in [5, 5.41) is 20.9. The number of pyridine rings is 1. The van der Waals surface area contributed by atoms with Gasteiger partial charge in [-0.3, -0.25) is 29.0 Å². The number of nitrogens with one attached hydrogen (secondary N) is 3.